The van der Waals surface area contributed by atoms with Gasteiger partial charge in [-0.25, -0.2) is 4.98 Å². The molecule has 0 atom stereocenters. The second-order valence-corrected chi connectivity index (χ2v) is 5.35. The predicted molar refractivity (Wildman–Crippen MR) is 85.3 cm³/mol. The van der Waals surface area contributed by atoms with Crippen molar-refractivity contribution >= 4 is 21.9 Å². The number of benzene rings is 2. The van der Waals surface area contributed by atoms with E-state index in [0.717, 1.165) is 39.9 Å². The highest BCUT2D eigenvalue weighted by atomic mass is 15.1. The van der Waals surface area contributed by atoms with Crippen molar-refractivity contribution < 1.29 is 0 Å². The first-order chi connectivity index (χ1) is 10.3. The minimum atomic E-state index is 0.815. The molecule has 4 heteroatoms. The Morgan fingerprint density at radius 2 is 1.95 bits per heavy atom. The lowest BCUT2D eigenvalue weighted by atomic mass is 10.1. The van der Waals surface area contributed by atoms with Gasteiger partial charge < -0.3 is 4.98 Å². The Bertz CT molecular complexity index is 946. The van der Waals surface area contributed by atoms with E-state index < -0.39 is 0 Å². The first-order valence-electron chi connectivity index (χ1n) is 7.19. The standard InChI is InChI=1S/C17H16N4/c1-3-11-9-15-14(8-10(11)2)18-17(19-15)16-12-6-4-5-7-13(12)20-21-16/h4-9H,3H2,1-2H3,(H,18,19)(H,20,21). The fraction of sp³-hybridized carbons (Fsp3) is 0.176. The Hall–Kier alpha value is -2.62. The molecule has 0 aliphatic rings. The maximum Gasteiger partial charge on any atom is 0.159 e. The summed E-state index contributed by atoms with van der Waals surface area (Å²) in [6, 6.07) is 12.4. The van der Waals surface area contributed by atoms with Crippen LogP contribution >= 0.6 is 0 Å². The van der Waals surface area contributed by atoms with Crippen LogP contribution in [0.15, 0.2) is 36.4 Å². The number of hydrogen-bond acceptors (Lipinski definition) is 2. The molecular formula is C17H16N4. The average molecular weight is 276 g/mol. The summed E-state index contributed by atoms with van der Waals surface area (Å²) < 4.78 is 0. The molecule has 0 unspecified atom stereocenters. The smallest absolute Gasteiger partial charge is 0.159 e. The van der Waals surface area contributed by atoms with Gasteiger partial charge in [-0.1, -0.05) is 25.1 Å². The molecule has 4 nitrogen and oxygen atoms in total. The number of H-pyrrole nitrogens is 2. The third-order valence-corrected chi connectivity index (χ3v) is 4.02. The number of nitrogens with one attached hydrogen (secondary N) is 2. The van der Waals surface area contributed by atoms with Crippen LogP contribution in [0, 0.1) is 6.92 Å². The van der Waals surface area contributed by atoms with Crippen LogP contribution in [0.5, 0.6) is 0 Å². The van der Waals surface area contributed by atoms with Crippen LogP contribution in [0.4, 0.5) is 0 Å². The molecule has 0 saturated heterocycles. The predicted octanol–water partition coefficient (Wildman–Crippen LogP) is 3.98. The van der Waals surface area contributed by atoms with E-state index in [-0.39, 0.29) is 0 Å². The van der Waals surface area contributed by atoms with E-state index in [4.69, 9.17) is 4.98 Å². The van der Waals surface area contributed by atoms with E-state index in [0.29, 0.717) is 0 Å². The van der Waals surface area contributed by atoms with Crippen LogP contribution in [-0.4, -0.2) is 20.2 Å². The molecule has 4 rings (SSSR count). The van der Waals surface area contributed by atoms with Gasteiger partial charge in [-0.2, -0.15) is 5.10 Å². The molecule has 0 spiro atoms. The summed E-state index contributed by atoms with van der Waals surface area (Å²) in [5.41, 5.74) is 6.60. The molecular weight excluding hydrogens is 260 g/mol. The van der Waals surface area contributed by atoms with Crippen molar-refractivity contribution in [3.63, 3.8) is 0 Å². The van der Waals surface area contributed by atoms with E-state index >= 15 is 0 Å². The number of aromatic nitrogens is 4. The lowest BCUT2D eigenvalue weighted by molar-refractivity contribution is 1.10. The van der Waals surface area contributed by atoms with Crippen LogP contribution in [0.3, 0.4) is 0 Å². The molecule has 2 aromatic heterocycles. The van der Waals surface area contributed by atoms with E-state index in [9.17, 15) is 0 Å². The van der Waals surface area contributed by atoms with E-state index in [2.05, 4.69) is 47.2 Å². The molecule has 0 bridgehead atoms. The van der Waals surface area contributed by atoms with Crippen LogP contribution in [-0.2, 0) is 6.42 Å². The molecule has 0 aliphatic heterocycles. The molecule has 4 aromatic rings. The van der Waals surface area contributed by atoms with Crippen LogP contribution in [0.2, 0.25) is 0 Å². The Kier molecular flexibility index (Phi) is 2.57. The van der Waals surface area contributed by atoms with Gasteiger partial charge in [0.05, 0.1) is 16.6 Å². The summed E-state index contributed by atoms with van der Waals surface area (Å²) in [6.45, 7) is 4.31. The van der Waals surface area contributed by atoms with Crippen molar-refractivity contribution in [3.05, 3.63) is 47.5 Å². The second-order valence-electron chi connectivity index (χ2n) is 5.35. The monoisotopic (exact) mass is 276 g/mol. The third-order valence-electron chi connectivity index (χ3n) is 4.02. The molecule has 0 amide bonds. The topological polar surface area (TPSA) is 57.4 Å². The number of nitrogens with zero attached hydrogens (tertiary/aromatic N) is 2. The van der Waals surface area contributed by atoms with Gasteiger partial charge in [-0.05, 0) is 42.7 Å². The van der Waals surface area contributed by atoms with E-state index in [1.807, 2.05) is 18.2 Å². The zero-order valence-corrected chi connectivity index (χ0v) is 12.1. The van der Waals surface area contributed by atoms with Crippen molar-refractivity contribution in [1.29, 1.82) is 0 Å². The van der Waals surface area contributed by atoms with Crippen LogP contribution in [0.1, 0.15) is 18.1 Å². The fourth-order valence-corrected chi connectivity index (χ4v) is 2.85. The fourth-order valence-electron chi connectivity index (χ4n) is 2.85. The van der Waals surface area contributed by atoms with Gasteiger partial charge in [0.1, 0.15) is 5.69 Å². The van der Waals surface area contributed by atoms with E-state index in [1.54, 1.807) is 0 Å². The van der Waals surface area contributed by atoms with Gasteiger partial charge in [-0.3, -0.25) is 5.10 Å². The van der Waals surface area contributed by atoms with Crippen molar-refractivity contribution in [1.82, 2.24) is 20.2 Å². The second kappa shape index (κ2) is 4.45. The zero-order valence-electron chi connectivity index (χ0n) is 12.1. The average Bonchev–Trinajstić information content (AvgIpc) is 3.09. The van der Waals surface area contributed by atoms with E-state index in [1.165, 1.54) is 11.1 Å². The third kappa shape index (κ3) is 1.83. The summed E-state index contributed by atoms with van der Waals surface area (Å²) in [4.78, 5) is 8.11. The summed E-state index contributed by atoms with van der Waals surface area (Å²) >= 11 is 0. The molecule has 0 aliphatic carbocycles. The lowest BCUT2D eigenvalue weighted by Crippen LogP contribution is -1.85. The SMILES string of the molecule is CCc1cc2nc(-c3n[nH]c4ccccc34)[nH]c2cc1C. The minimum absolute atomic E-state index is 0.815. The maximum atomic E-state index is 4.72. The van der Waals surface area contributed by atoms with Crippen molar-refractivity contribution in [2.45, 2.75) is 20.3 Å². The zero-order chi connectivity index (χ0) is 14.4. The maximum absolute atomic E-state index is 4.72. The Morgan fingerprint density at radius 3 is 2.81 bits per heavy atom. The molecule has 21 heavy (non-hydrogen) atoms. The van der Waals surface area contributed by atoms with Gasteiger partial charge in [0.25, 0.3) is 0 Å². The van der Waals surface area contributed by atoms with Crippen molar-refractivity contribution in [2.24, 2.45) is 0 Å². The van der Waals surface area contributed by atoms with Crippen LogP contribution < -0.4 is 0 Å². The Morgan fingerprint density at radius 1 is 1.10 bits per heavy atom. The normalized spacial score (nSPS) is 11.5. The molecule has 0 radical (unpaired) electrons. The summed E-state index contributed by atoms with van der Waals surface area (Å²) in [5.74, 6) is 0.815. The number of hydrogen-bond donors (Lipinski definition) is 2. The lowest BCUT2D eigenvalue weighted by Gasteiger charge is -2.01. The molecule has 104 valence electrons. The summed E-state index contributed by atoms with van der Waals surface area (Å²) in [5, 5.41) is 8.55. The number of aryl methyl sites for hydroxylation is 2. The number of imidazole rings is 1. The number of aromatic amines is 2. The Labute approximate surface area is 122 Å². The Balaban J connectivity index is 1.94. The first kappa shape index (κ1) is 12.1. The highest BCUT2D eigenvalue weighted by Crippen LogP contribution is 2.27. The molecule has 2 N–H and O–H groups in total. The van der Waals surface area contributed by atoms with Gasteiger partial charge in [-0.15, -0.1) is 0 Å². The van der Waals surface area contributed by atoms with Crippen molar-refractivity contribution in [2.75, 3.05) is 0 Å². The molecule has 2 aromatic carbocycles. The quantitative estimate of drug-likeness (QED) is 0.582. The summed E-state index contributed by atoms with van der Waals surface area (Å²) in [7, 11) is 0. The number of rotatable bonds is 2. The van der Waals surface area contributed by atoms with Crippen molar-refractivity contribution in [3.8, 4) is 11.5 Å². The molecule has 0 saturated carbocycles. The number of fused-ring (bicyclic) bond motifs is 2. The van der Waals surface area contributed by atoms with Crippen LogP contribution in [0.25, 0.3) is 33.5 Å². The first-order valence-corrected chi connectivity index (χ1v) is 7.19. The highest BCUT2D eigenvalue weighted by Gasteiger charge is 2.12. The van der Waals surface area contributed by atoms with Gasteiger partial charge >= 0.3 is 0 Å². The largest absolute Gasteiger partial charge is 0.337 e. The van der Waals surface area contributed by atoms with Gasteiger partial charge in [0.15, 0.2) is 5.82 Å². The number of para-hydroxylation sites is 1. The van der Waals surface area contributed by atoms with Gasteiger partial charge in [0, 0.05) is 5.39 Å². The molecule has 0 fully saturated rings. The summed E-state index contributed by atoms with van der Waals surface area (Å²) in [6.07, 6.45) is 1.02. The minimum Gasteiger partial charge on any atom is -0.337 e. The highest BCUT2D eigenvalue weighted by molar-refractivity contribution is 5.93. The van der Waals surface area contributed by atoms with Gasteiger partial charge in [0.2, 0.25) is 0 Å². The molecule has 2 heterocycles.